The van der Waals surface area contributed by atoms with Crippen molar-refractivity contribution in [3.05, 3.63) is 65.3 Å². The van der Waals surface area contributed by atoms with E-state index in [1.54, 1.807) is 0 Å². The third-order valence-corrected chi connectivity index (χ3v) is 3.99. The Balaban J connectivity index is 1.69. The SMILES string of the molecule is OB(O)c1cc(C=NNc2nc(-c3ccccc3)cs2)ccc1F. The lowest BCUT2D eigenvalue weighted by Gasteiger charge is -2.02. The molecule has 0 unspecified atom stereocenters. The van der Waals surface area contributed by atoms with Crippen molar-refractivity contribution < 1.29 is 14.4 Å². The van der Waals surface area contributed by atoms with Crippen LogP contribution in [0, 0.1) is 5.82 Å². The van der Waals surface area contributed by atoms with Gasteiger partial charge in [-0.1, -0.05) is 42.5 Å². The van der Waals surface area contributed by atoms with Crippen LogP contribution in [0.1, 0.15) is 5.56 Å². The van der Waals surface area contributed by atoms with Crippen LogP contribution in [-0.4, -0.2) is 28.4 Å². The molecule has 0 spiro atoms. The number of anilines is 1. The molecule has 0 saturated carbocycles. The summed E-state index contributed by atoms with van der Waals surface area (Å²) in [5, 5.41) is 24.8. The van der Waals surface area contributed by atoms with Gasteiger partial charge in [-0.25, -0.2) is 9.37 Å². The summed E-state index contributed by atoms with van der Waals surface area (Å²) in [6.45, 7) is 0. The topological polar surface area (TPSA) is 77.7 Å². The van der Waals surface area contributed by atoms with Gasteiger partial charge in [0.25, 0.3) is 0 Å². The Morgan fingerprint density at radius 3 is 2.71 bits per heavy atom. The van der Waals surface area contributed by atoms with Crippen LogP contribution in [0.3, 0.4) is 0 Å². The van der Waals surface area contributed by atoms with Gasteiger partial charge >= 0.3 is 7.12 Å². The Kier molecular flexibility index (Phi) is 5.00. The lowest BCUT2D eigenvalue weighted by Crippen LogP contribution is -2.33. The van der Waals surface area contributed by atoms with Gasteiger partial charge in [-0.3, -0.25) is 5.43 Å². The van der Waals surface area contributed by atoms with Crippen LogP contribution in [-0.2, 0) is 0 Å². The number of nitrogens with one attached hydrogen (secondary N) is 1. The third kappa shape index (κ3) is 3.86. The van der Waals surface area contributed by atoms with Crippen LogP contribution in [0.25, 0.3) is 11.3 Å². The van der Waals surface area contributed by atoms with E-state index in [0.29, 0.717) is 10.7 Å². The quantitative estimate of drug-likeness (QED) is 0.377. The normalized spacial score (nSPS) is 11.0. The van der Waals surface area contributed by atoms with Crippen LogP contribution in [0.2, 0.25) is 0 Å². The zero-order valence-electron chi connectivity index (χ0n) is 12.4. The molecule has 0 aliphatic heterocycles. The molecule has 0 bridgehead atoms. The van der Waals surface area contributed by atoms with Crippen molar-refractivity contribution in [3.63, 3.8) is 0 Å². The van der Waals surface area contributed by atoms with E-state index in [1.807, 2.05) is 35.7 Å². The van der Waals surface area contributed by atoms with Crippen LogP contribution in [0.5, 0.6) is 0 Å². The molecule has 0 fully saturated rings. The number of hydrazone groups is 1. The highest BCUT2D eigenvalue weighted by molar-refractivity contribution is 7.14. The summed E-state index contributed by atoms with van der Waals surface area (Å²) in [5.74, 6) is -0.678. The van der Waals surface area contributed by atoms with Crippen LogP contribution in [0.4, 0.5) is 9.52 Å². The van der Waals surface area contributed by atoms with Gasteiger partial charge in [-0.05, 0) is 11.6 Å². The number of rotatable bonds is 5. The van der Waals surface area contributed by atoms with Gasteiger partial charge in [0.05, 0.1) is 11.9 Å². The second kappa shape index (κ2) is 7.35. The highest BCUT2D eigenvalue weighted by atomic mass is 32.1. The fourth-order valence-corrected chi connectivity index (χ4v) is 2.74. The van der Waals surface area contributed by atoms with Crippen LogP contribution in [0.15, 0.2) is 59.0 Å². The molecule has 120 valence electrons. The van der Waals surface area contributed by atoms with Crippen molar-refractivity contribution in [2.45, 2.75) is 0 Å². The molecular weight excluding hydrogens is 328 g/mol. The number of hydrogen-bond donors (Lipinski definition) is 3. The van der Waals surface area contributed by atoms with Crippen LogP contribution >= 0.6 is 11.3 Å². The van der Waals surface area contributed by atoms with Gasteiger partial charge in [0.15, 0.2) is 0 Å². The molecule has 1 aromatic heterocycles. The van der Waals surface area contributed by atoms with Crippen molar-refractivity contribution in [2.24, 2.45) is 5.10 Å². The molecule has 0 amide bonds. The summed E-state index contributed by atoms with van der Waals surface area (Å²) in [6, 6.07) is 13.8. The summed E-state index contributed by atoms with van der Waals surface area (Å²) in [7, 11) is -1.86. The Labute approximate surface area is 142 Å². The monoisotopic (exact) mass is 341 g/mol. The molecule has 8 heteroatoms. The van der Waals surface area contributed by atoms with Gasteiger partial charge < -0.3 is 10.0 Å². The smallest absolute Gasteiger partial charge is 0.423 e. The van der Waals surface area contributed by atoms with Crippen molar-refractivity contribution in [1.29, 1.82) is 0 Å². The van der Waals surface area contributed by atoms with E-state index < -0.39 is 12.9 Å². The fourth-order valence-electron chi connectivity index (χ4n) is 2.07. The van der Waals surface area contributed by atoms with Gasteiger partial charge in [0, 0.05) is 16.4 Å². The van der Waals surface area contributed by atoms with Gasteiger partial charge in [0.1, 0.15) is 5.82 Å². The average molecular weight is 341 g/mol. The predicted molar refractivity (Wildman–Crippen MR) is 95.0 cm³/mol. The number of hydrogen-bond acceptors (Lipinski definition) is 6. The molecule has 2 aromatic carbocycles. The van der Waals surface area contributed by atoms with Crippen LogP contribution < -0.4 is 10.9 Å². The Morgan fingerprint density at radius 2 is 1.96 bits per heavy atom. The largest absolute Gasteiger partial charge is 0.491 e. The van der Waals surface area contributed by atoms with E-state index in [2.05, 4.69) is 15.5 Å². The Bertz CT molecular complexity index is 856. The molecule has 3 N–H and O–H groups in total. The zero-order valence-corrected chi connectivity index (χ0v) is 13.2. The van der Waals surface area contributed by atoms with Gasteiger partial charge in [0.2, 0.25) is 5.13 Å². The summed E-state index contributed by atoms with van der Waals surface area (Å²) >= 11 is 1.41. The fraction of sp³-hybridized carbons (Fsp3) is 0. The molecule has 0 atom stereocenters. The van der Waals surface area contributed by atoms with E-state index in [0.717, 1.165) is 17.3 Å². The highest BCUT2D eigenvalue weighted by Crippen LogP contribution is 2.24. The molecular formula is C16H13BFN3O2S. The second-order valence-corrected chi connectivity index (χ2v) is 5.79. The minimum Gasteiger partial charge on any atom is -0.423 e. The van der Waals surface area contributed by atoms with E-state index in [1.165, 1.54) is 29.7 Å². The Morgan fingerprint density at radius 1 is 1.17 bits per heavy atom. The lowest BCUT2D eigenvalue weighted by atomic mass is 9.79. The molecule has 24 heavy (non-hydrogen) atoms. The number of nitrogens with zero attached hydrogens (tertiary/aromatic N) is 2. The number of thiazole rings is 1. The van der Waals surface area contributed by atoms with E-state index in [4.69, 9.17) is 10.0 Å². The molecule has 0 aliphatic carbocycles. The summed E-state index contributed by atoms with van der Waals surface area (Å²) in [5.41, 5.74) is 5.02. The Hall–Kier alpha value is -2.55. The molecule has 0 aliphatic rings. The second-order valence-electron chi connectivity index (χ2n) is 4.93. The molecule has 0 radical (unpaired) electrons. The maximum Gasteiger partial charge on any atom is 0.491 e. The third-order valence-electron chi connectivity index (χ3n) is 3.25. The van der Waals surface area contributed by atoms with Gasteiger partial charge in [-0.2, -0.15) is 5.10 Å². The molecule has 3 aromatic rings. The summed E-state index contributed by atoms with van der Waals surface area (Å²) in [4.78, 5) is 4.43. The van der Waals surface area contributed by atoms with Crippen molar-refractivity contribution in [2.75, 3.05) is 5.43 Å². The summed E-state index contributed by atoms with van der Waals surface area (Å²) in [6.07, 6.45) is 1.45. The maximum atomic E-state index is 13.4. The number of halogens is 1. The van der Waals surface area contributed by atoms with Crippen molar-refractivity contribution in [3.8, 4) is 11.3 Å². The molecule has 1 heterocycles. The standard InChI is InChI=1S/C16H13BFN3O2S/c18-14-7-6-11(8-13(14)17(22)23)9-19-21-16-20-15(10-24-16)12-4-2-1-3-5-12/h1-10,22-23H,(H,20,21). The van der Waals surface area contributed by atoms with E-state index >= 15 is 0 Å². The number of aromatic nitrogens is 1. The van der Waals surface area contributed by atoms with E-state index in [-0.39, 0.29) is 5.46 Å². The van der Waals surface area contributed by atoms with E-state index in [9.17, 15) is 4.39 Å². The van der Waals surface area contributed by atoms with Gasteiger partial charge in [-0.15, -0.1) is 11.3 Å². The minimum absolute atomic E-state index is 0.195. The molecule has 3 rings (SSSR count). The molecule has 0 saturated heterocycles. The first-order chi connectivity index (χ1) is 11.6. The lowest BCUT2D eigenvalue weighted by molar-refractivity contribution is 0.423. The average Bonchev–Trinajstić information content (AvgIpc) is 3.06. The number of benzene rings is 2. The minimum atomic E-state index is -1.86. The van der Waals surface area contributed by atoms with Crippen molar-refractivity contribution >= 4 is 35.3 Å². The first kappa shape index (κ1) is 16.3. The maximum absolute atomic E-state index is 13.4. The first-order valence-corrected chi connectivity index (χ1v) is 7.97. The molecule has 5 nitrogen and oxygen atoms in total. The zero-order chi connectivity index (χ0) is 16.9. The first-order valence-electron chi connectivity index (χ1n) is 7.09. The highest BCUT2D eigenvalue weighted by Gasteiger charge is 2.16. The van der Waals surface area contributed by atoms with Crippen molar-refractivity contribution in [1.82, 2.24) is 4.98 Å². The summed E-state index contributed by atoms with van der Waals surface area (Å²) < 4.78 is 13.4. The predicted octanol–water partition coefficient (Wildman–Crippen LogP) is 2.08.